The molecule has 100 valence electrons. The minimum atomic E-state index is 0.541. The highest BCUT2D eigenvalue weighted by Gasteiger charge is 2.21. The van der Waals surface area contributed by atoms with Crippen LogP contribution in [0.5, 0.6) is 5.75 Å². The van der Waals surface area contributed by atoms with Crippen LogP contribution in [0, 0.1) is 0 Å². The molecule has 0 aliphatic heterocycles. The molecule has 0 atom stereocenters. The number of furan rings is 1. The summed E-state index contributed by atoms with van der Waals surface area (Å²) in [5, 5.41) is 3.45. The summed E-state index contributed by atoms with van der Waals surface area (Å²) in [6.45, 7) is 1.33. The van der Waals surface area contributed by atoms with Crippen LogP contribution >= 0.6 is 15.9 Å². The maximum atomic E-state index is 5.76. The molecule has 1 saturated carbocycles. The molecule has 0 radical (unpaired) electrons. The molecule has 1 aliphatic carbocycles. The fraction of sp³-hybridized carbons (Fsp3) is 0.333. The van der Waals surface area contributed by atoms with Gasteiger partial charge in [0.15, 0.2) is 0 Å². The van der Waals surface area contributed by atoms with E-state index in [9.17, 15) is 0 Å². The van der Waals surface area contributed by atoms with Crippen LogP contribution in [-0.2, 0) is 13.2 Å². The van der Waals surface area contributed by atoms with Gasteiger partial charge in [0.1, 0.15) is 18.1 Å². The normalized spacial score (nSPS) is 14.6. The molecule has 0 bridgehead atoms. The van der Waals surface area contributed by atoms with Gasteiger partial charge >= 0.3 is 0 Å². The Morgan fingerprint density at radius 2 is 2.00 bits per heavy atom. The summed E-state index contributed by atoms with van der Waals surface area (Å²) in [5.74, 6) is 1.84. The largest absolute Gasteiger partial charge is 0.489 e. The third-order valence-corrected chi connectivity index (χ3v) is 3.70. The van der Waals surface area contributed by atoms with Crippen LogP contribution in [0.3, 0.4) is 0 Å². The number of halogens is 1. The minimum Gasteiger partial charge on any atom is -0.489 e. The smallest absolute Gasteiger partial charge is 0.124 e. The van der Waals surface area contributed by atoms with Gasteiger partial charge in [0, 0.05) is 16.1 Å². The number of benzene rings is 1. The zero-order chi connectivity index (χ0) is 13.1. The van der Waals surface area contributed by atoms with E-state index >= 15 is 0 Å². The molecule has 1 aromatic heterocycles. The Labute approximate surface area is 121 Å². The first-order valence-electron chi connectivity index (χ1n) is 6.48. The van der Waals surface area contributed by atoms with E-state index in [0.717, 1.165) is 28.1 Å². The van der Waals surface area contributed by atoms with Gasteiger partial charge in [-0.15, -0.1) is 0 Å². The Kier molecular flexibility index (Phi) is 3.89. The van der Waals surface area contributed by atoms with E-state index in [1.54, 1.807) is 6.26 Å². The zero-order valence-electron chi connectivity index (χ0n) is 10.6. The summed E-state index contributed by atoms with van der Waals surface area (Å²) in [6, 6.07) is 10.5. The Hall–Kier alpha value is -1.26. The fourth-order valence-electron chi connectivity index (χ4n) is 1.87. The molecule has 3 nitrogen and oxygen atoms in total. The van der Waals surface area contributed by atoms with E-state index in [1.807, 2.05) is 30.3 Å². The SMILES string of the molecule is Brc1ccc(OCc2ccoc2CNC2CC2)cc1. The van der Waals surface area contributed by atoms with E-state index < -0.39 is 0 Å². The van der Waals surface area contributed by atoms with Gasteiger partial charge in [0.25, 0.3) is 0 Å². The molecule has 0 saturated heterocycles. The van der Waals surface area contributed by atoms with Crippen LogP contribution < -0.4 is 10.1 Å². The Morgan fingerprint density at radius 1 is 1.21 bits per heavy atom. The van der Waals surface area contributed by atoms with Crippen LogP contribution in [0.2, 0.25) is 0 Å². The minimum absolute atomic E-state index is 0.541. The first kappa shape index (κ1) is 12.8. The second kappa shape index (κ2) is 5.80. The van der Waals surface area contributed by atoms with Crippen LogP contribution in [0.25, 0.3) is 0 Å². The lowest BCUT2D eigenvalue weighted by molar-refractivity contribution is 0.301. The Bertz CT molecular complexity index is 531. The van der Waals surface area contributed by atoms with Crippen LogP contribution in [0.4, 0.5) is 0 Å². The molecule has 1 heterocycles. The van der Waals surface area contributed by atoms with Gasteiger partial charge < -0.3 is 14.5 Å². The first-order chi connectivity index (χ1) is 9.31. The lowest BCUT2D eigenvalue weighted by Gasteiger charge is -2.07. The van der Waals surface area contributed by atoms with Crippen molar-refractivity contribution in [1.82, 2.24) is 5.32 Å². The van der Waals surface area contributed by atoms with Crippen LogP contribution in [0.1, 0.15) is 24.2 Å². The van der Waals surface area contributed by atoms with Crippen LogP contribution in [-0.4, -0.2) is 6.04 Å². The molecule has 0 unspecified atom stereocenters. The molecule has 3 rings (SSSR count). The molecule has 0 spiro atoms. The molecule has 1 fully saturated rings. The predicted molar refractivity (Wildman–Crippen MR) is 77.0 cm³/mol. The van der Waals surface area contributed by atoms with Crippen molar-refractivity contribution in [3.05, 3.63) is 52.4 Å². The van der Waals surface area contributed by atoms with Crippen molar-refractivity contribution in [2.45, 2.75) is 32.0 Å². The summed E-state index contributed by atoms with van der Waals surface area (Å²) >= 11 is 3.41. The standard InChI is InChI=1S/C15H16BrNO2/c16-12-1-5-14(6-2-12)19-10-11-7-8-18-15(11)9-17-13-3-4-13/h1-2,5-8,13,17H,3-4,9-10H2. The van der Waals surface area contributed by atoms with Crippen molar-refractivity contribution in [2.24, 2.45) is 0 Å². The number of hydrogen-bond acceptors (Lipinski definition) is 3. The molecule has 1 aliphatic rings. The van der Waals surface area contributed by atoms with E-state index in [4.69, 9.17) is 9.15 Å². The third kappa shape index (κ3) is 3.61. The Morgan fingerprint density at radius 3 is 2.74 bits per heavy atom. The maximum Gasteiger partial charge on any atom is 0.124 e. The van der Waals surface area contributed by atoms with Crippen molar-refractivity contribution < 1.29 is 9.15 Å². The van der Waals surface area contributed by atoms with E-state index in [0.29, 0.717) is 12.6 Å². The Balaban J connectivity index is 1.56. The maximum absolute atomic E-state index is 5.76. The van der Waals surface area contributed by atoms with Crippen molar-refractivity contribution >= 4 is 15.9 Å². The number of ether oxygens (including phenoxy) is 1. The summed E-state index contributed by atoms with van der Waals surface area (Å²) in [5.41, 5.74) is 1.11. The third-order valence-electron chi connectivity index (χ3n) is 3.17. The van der Waals surface area contributed by atoms with Crippen molar-refractivity contribution in [3.8, 4) is 5.75 Å². The van der Waals surface area contributed by atoms with E-state index in [2.05, 4.69) is 21.2 Å². The van der Waals surface area contributed by atoms with Gasteiger partial charge in [-0.05, 0) is 43.2 Å². The lowest BCUT2D eigenvalue weighted by atomic mass is 10.2. The lowest BCUT2D eigenvalue weighted by Crippen LogP contribution is -2.16. The highest BCUT2D eigenvalue weighted by atomic mass is 79.9. The van der Waals surface area contributed by atoms with Crippen molar-refractivity contribution in [1.29, 1.82) is 0 Å². The van der Waals surface area contributed by atoms with E-state index in [1.165, 1.54) is 12.8 Å². The van der Waals surface area contributed by atoms with Gasteiger partial charge in [0.05, 0.1) is 12.8 Å². The quantitative estimate of drug-likeness (QED) is 0.877. The van der Waals surface area contributed by atoms with Gasteiger partial charge in [-0.1, -0.05) is 15.9 Å². The van der Waals surface area contributed by atoms with E-state index in [-0.39, 0.29) is 0 Å². The van der Waals surface area contributed by atoms with Crippen molar-refractivity contribution in [3.63, 3.8) is 0 Å². The zero-order valence-corrected chi connectivity index (χ0v) is 12.2. The fourth-order valence-corrected chi connectivity index (χ4v) is 2.13. The van der Waals surface area contributed by atoms with Gasteiger partial charge in [-0.25, -0.2) is 0 Å². The molecular weight excluding hydrogens is 306 g/mol. The van der Waals surface area contributed by atoms with Crippen molar-refractivity contribution in [2.75, 3.05) is 0 Å². The molecular formula is C15H16BrNO2. The van der Waals surface area contributed by atoms with Gasteiger partial charge in [-0.2, -0.15) is 0 Å². The average Bonchev–Trinajstić information content (AvgIpc) is 3.15. The molecule has 19 heavy (non-hydrogen) atoms. The molecule has 2 aromatic rings. The highest BCUT2D eigenvalue weighted by molar-refractivity contribution is 9.10. The number of hydrogen-bond donors (Lipinski definition) is 1. The summed E-state index contributed by atoms with van der Waals surface area (Å²) in [6.07, 6.45) is 4.29. The molecule has 0 amide bonds. The second-order valence-corrected chi connectivity index (χ2v) is 5.68. The van der Waals surface area contributed by atoms with Gasteiger partial charge in [0.2, 0.25) is 0 Å². The molecule has 1 aromatic carbocycles. The topological polar surface area (TPSA) is 34.4 Å². The highest BCUT2D eigenvalue weighted by Crippen LogP contribution is 2.21. The summed E-state index contributed by atoms with van der Waals surface area (Å²) < 4.78 is 12.3. The summed E-state index contributed by atoms with van der Waals surface area (Å²) in [4.78, 5) is 0. The average molecular weight is 322 g/mol. The monoisotopic (exact) mass is 321 g/mol. The summed E-state index contributed by atoms with van der Waals surface area (Å²) in [7, 11) is 0. The number of rotatable bonds is 6. The second-order valence-electron chi connectivity index (χ2n) is 4.77. The van der Waals surface area contributed by atoms with Crippen LogP contribution in [0.15, 0.2) is 45.5 Å². The van der Waals surface area contributed by atoms with Gasteiger partial charge in [-0.3, -0.25) is 0 Å². The molecule has 1 N–H and O–H groups in total. The number of nitrogens with one attached hydrogen (secondary N) is 1. The first-order valence-corrected chi connectivity index (χ1v) is 7.27. The predicted octanol–water partition coefficient (Wildman–Crippen LogP) is 3.87. The molecule has 4 heteroatoms.